The van der Waals surface area contributed by atoms with Crippen LogP contribution in [0, 0.1) is 6.92 Å². The van der Waals surface area contributed by atoms with Crippen molar-refractivity contribution in [3.63, 3.8) is 0 Å². The Morgan fingerprint density at radius 1 is 1.39 bits per heavy atom. The van der Waals surface area contributed by atoms with Gasteiger partial charge in [0, 0.05) is 11.9 Å². The molecule has 2 rings (SSSR count). The third-order valence-electron chi connectivity index (χ3n) is 2.79. The van der Waals surface area contributed by atoms with Crippen LogP contribution in [0.3, 0.4) is 0 Å². The summed E-state index contributed by atoms with van der Waals surface area (Å²) in [7, 11) is 0. The van der Waals surface area contributed by atoms with Crippen molar-refractivity contribution < 1.29 is 0 Å². The number of benzene rings is 1. The zero-order valence-corrected chi connectivity index (χ0v) is 12.6. The molecule has 0 amide bonds. The number of rotatable bonds is 3. The average Bonchev–Trinajstić information content (AvgIpc) is 2.34. The minimum atomic E-state index is 0.618. The second-order valence-electron chi connectivity index (χ2n) is 4.07. The molecular formula is C14H14BrClN2. The molecular weight excluding hydrogens is 312 g/mol. The Labute approximate surface area is 121 Å². The number of para-hydroxylation sites is 1. The van der Waals surface area contributed by atoms with Gasteiger partial charge in [0.2, 0.25) is 0 Å². The summed E-state index contributed by atoms with van der Waals surface area (Å²) in [5.41, 5.74) is 3.60. The van der Waals surface area contributed by atoms with Crippen LogP contribution in [0.5, 0.6) is 0 Å². The maximum Gasteiger partial charge on any atom is 0.144 e. The summed E-state index contributed by atoms with van der Waals surface area (Å²) >= 11 is 9.36. The summed E-state index contributed by atoms with van der Waals surface area (Å²) in [5, 5.41) is 3.99. The number of nitrogens with zero attached hydrogens (tertiary/aromatic N) is 1. The molecule has 0 spiro atoms. The number of nitrogens with one attached hydrogen (secondary N) is 1. The topological polar surface area (TPSA) is 24.9 Å². The Morgan fingerprint density at radius 3 is 2.83 bits per heavy atom. The van der Waals surface area contributed by atoms with Gasteiger partial charge in [-0.05, 0) is 46.5 Å². The van der Waals surface area contributed by atoms with Gasteiger partial charge in [-0.15, -0.1) is 0 Å². The molecule has 0 unspecified atom stereocenters. The highest BCUT2D eigenvalue weighted by molar-refractivity contribution is 9.10. The fraction of sp³-hybridized carbons (Fsp3) is 0.214. The Kier molecular flexibility index (Phi) is 4.25. The maximum atomic E-state index is 5.89. The number of anilines is 2. The molecule has 0 atom stereocenters. The highest BCUT2D eigenvalue weighted by atomic mass is 79.9. The minimum Gasteiger partial charge on any atom is -0.339 e. The molecule has 2 aromatic rings. The van der Waals surface area contributed by atoms with E-state index in [1.807, 2.05) is 6.07 Å². The Morgan fingerprint density at radius 2 is 2.17 bits per heavy atom. The van der Waals surface area contributed by atoms with Crippen molar-refractivity contribution in [2.24, 2.45) is 0 Å². The molecule has 0 aliphatic heterocycles. The van der Waals surface area contributed by atoms with Gasteiger partial charge in [-0.1, -0.05) is 36.7 Å². The Balaban J connectivity index is 2.39. The third-order valence-corrected chi connectivity index (χ3v) is 3.60. The molecule has 0 saturated carbocycles. The molecule has 0 fully saturated rings. The number of hydrogen-bond acceptors (Lipinski definition) is 2. The summed E-state index contributed by atoms with van der Waals surface area (Å²) in [5.74, 6) is 0.781. The molecule has 1 aromatic carbocycles. The third kappa shape index (κ3) is 2.85. The van der Waals surface area contributed by atoms with E-state index in [0.29, 0.717) is 5.02 Å². The molecule has 0 aliphatic carbocycles. The van der Waals surface area contributed by atoms with Crippen molar-refractivity contribution >= 4 is 39.0 Å². The van der Waals surface area contributed by atoms with Crippen molar-refractivity contribution in [3.05, 3.63) is 51.1 Å². The largest absolute Gasteiger partial charge is 0.339 e. The molecule has 0 saturated heterocycles. The quantitative estimate of drug-likeness (QED) is 0.848. The van der Waals surface area contributed by atoms with E-state index in [9.17, 15) is 0 Å². The summed E-state index contributed by atoms with van der Waals surface area (Å²) in [6.07, 6.45) is 2.62. The molecule has 0 aliphatic rings. The zero-order chi connectivity index (χ0) is 13.1. The van der Waals surface area contributed by atoms with Crippen LogP contribution in [0.2, 0.25) is 5.02 Å². The molecule has 1 heterocycles. The smallest absolute Gasteiger partial charge is 0.144 e. The van der Waals surface area contributed by atoms with E-state index in [1.54, 1.807) is 6.20 Å². The van der Waals surface area contributed by atoms with Gasteiger partial charge >= 0.3 is 0 Å². The molecule has 18 heavy (non-hydrogen) atoms. The van der Waals surface area contributed by atoms with Crippen LogP contribution in [0.25, 0.3) is 0 Å². The predicted molar refractivity (Wildman–Crippen MR) is 80.8 cm³/mol. The Bertz CT molecular complexity index is 570. The van der Waals surface area contributed by atoms with Crippen LogP contribution in [0.15, 0.2) is 34.9 Å². The van der Waals surface area contributed by atoms with E-state index < -0.39 is 0 Å². The first kappa shape index (κ1) is 13.4. The first-order valence-corrected chi connectivity index (χ1v) is 6.95. The van der Waals surface area contributed by atoms with Crippen molar-refractivity contribution in [1.82, 2.24) is 4.98 Å². The normalized spacial score (nSPS) is 10.4. The fourth-order valence-electron chi connectivity index (χ4n) is 1.83. The van der Waals surface area contributed by atoms with Crippen LogP contribution in [-0.2, 0) is 6.42 Å². The Hall–Kier alpha value is -1.06. The number of pyridine rings is 1. The monoisotopic (exact) mass is 324 g/mol. The van der Waals surface area contributed by atoms with Crippen LogP contribution in [0.4, 0.5) is 11.5 Å². The fourth-order valence-corrected chi connectivity index (χ4v) is 2.56. The lowest BCUT2D eigenvalue weighted by molar-refractivity contribution is 1.13. The molecule has 0 radical (unpaired) electrons. The van der Waals surface area contributed by atoms with E-state index >= 15 is 0 Å². The van der Waals surface area contributed by atoms with Gasteiger partial charge < -0.3 is 5.32 Å². The first-order chi connectivity index (χ1) is 8.61. The van der Waals surface area contributed by atoms with Gasteiger partial charge in [0.05, 0.1) is 9.50 Å². The first-order valence-electron chi connectivity index (χ1n) is 5.78. The highest BCUT2D eigenvalue weighted by Crippen LogP contribution is 2.29. The van der Waals surface area contributed by atoms with Gasteiger partial charge in [0.15, 0.2) is 0 Å². The van der Waals surface area contributed by atoms with Crippen molar-refractivity contribution in [1.29, 1.82) is 0 Å². The second-order valence-corrected chi connectivity index (χ2v) is 5.36. The number of halogens is 2. The van der Waals surface area contributed by atoms with Crippen LogP contribution < -0.4 is 5.32 Å². The highest BCUT2D eigenvalue weighted by Gasteiger charge is 2.08. The second kappa shape index (κ2) is 5.72. The van der Waals surface area contributed by atoms with Crippen molar-refractivity contribution in [2.45, 2.75) is 20.3 Å². The SMILES string of the molecule is CCc1cccc(C)c1Nc1ncc(Cl)cc1Br. The van der Waals surface area contributed by atoms with Crippen molar-refractivity contribution in [3.8, 4) is 0 Å². The molecule has 2 nitrogen and oxygen atoms in total. The molecule has 4 heteroatoms. The number of aromatic nitrogens is 1. The van der Waals surface area contributed by atoms with Gasteiger partial charge in [-0.3, -0.25) is 0 Å². The molecule has 0 bridgehead atoms. The average molecular weight is 326 g/mol. The predicted octanol–water partition coefficient (Wildman–Crippen LogP) is 5.11. The summed E-state index contributed by atoms with van der Waals surface area (Å²) in [6.45, 7) is 4.23. The molecule has 1 aromatic heterocycles. The molecule has 94 valence electrons. The van der Waals surface area contributed by atoms with Crippen LogP contribution in [0.1, 0.15) is 18.1 Å². The minimum absolute atomic E-state index is 0.618. The lowest BCUT2D eigenvalue weighted by Gasteiger charge is -2.14. The lowest BCUT2D eigenvalue weighted by atomic mass is 10.1. The van der Waals surface area contributed by atoms with Crippen LogP contribution >= 0.6 is 27.5 Å². The summed E-state index contributed by atoms with van der Waals surface area (Å²) in [4.78, 5) is 4.30. The van der Waals surface area contributed by atoms with E-state index in [-0.39, 0.29) is 0 Å². The number of hydrogen-bond donors (Lipinski definition) is 1. The van der Waals surface area contributed by atoms with Gasteiger partial charge in [0.25, 0.3) is 0 Å². The lowest BCUT2D eigenvalue weighted by Crippen LogP contribution is -2.00. The maximum absolute atomic E-state index is 5.89. The van der Waals surface area contributed by atoms with Gasteiger partial charge in [-0.25, -0.2) is 4.98 Å². The zero-order valence-electron chi connectivity index (χ0n) is 10.3. The van der Waals surface area contributed by atoms with E-state index in [4.69, 9.17) is 11.6 Å². The van der Waals surface area contributed by atoms with Gasteiger partial charge in [0.1, 0.15) is 5.82 Å². The molecule has 1 N–H and O–H groups in total. The van der Waals surface area contributed by atoms with Gasteiger partial charge in [-0.2, -0.15) is 0 Å². The summed E-state index contributed by atoms with van der Waals surface area (Å²) in [6, 6.07) is 8.12. The van der Waals surface area contributed by atoms with Crippen LogP contribution in [-0.4, -0.2) is 4.98 Å². The van der Waals surface area contributed by atoms with E-state index in [0.717, 1.165) is 22.4 Å². The standard InChI is InChI=1S/C14H14BrClN2/c1-3-10-6-4-5-9(2)13(10)18-14-12(15)7-11(16)8-17-14/h4-8H,3H2,1-2H3,(H,17,18). The van der Waals surface area contributed by atoms with Crippen molar-refractivity contribution in [2.75, 3.05) is 5.32 Å². The summed E-state index contributed by atoms with van der Waals surface area (Å²) < 4.78 is 0.861. The van der Waals surface area contributed by atoms with E-state index in [2.05, 4.69) is 58.3 Å². The van der Waals surface area contributed by atoms with E-state index in [1.165, 1.54) is 11.1 Å². The number of aryl methyl sites for hydroxylation is 2.